The molecule has 2 heteroatoms. The molecule has 0 spiro atoms. The second-order valence-corrected chi connectivity index (χ2v) is 3.51. The molecule has 10 heavy (non-hydrogen) atoms. The SMILES string of the molecule is NCN1[C@@H]2CCC[C@H]1CC2. The number of hydrogen-bond acceptors (Lipinski definition) is 2. The van der Waals surface area contributed by atoms with Gasteiger partial charge in [-0.15, -0.1) is 0 Å². The third-order valence-corrected chi connectivity index (χ3v) is 3.06. The van der Waals surface area contributed by atoms with Crippen molar-refractivity contribution in [1.29, 1.82) is 0 Å². The Kier molecular flexibility index (Phi) is 1.66. The standard InChI is InChI=1S/C8H16N2/c9-6-10-7-2-1-3-8(10)5-4-7/h7-8H,1-6,9H2/t7-,8+. The van der Waals surface area contributed by atoms with Gasteiger partial charge in [-0.2, -0.15) is 0 Å². The van der Waals surface area contributed by atoms with Crippen LogP contribution in [0.1, 0.15) is 32.1 Å². The van der Waals surface area contributed by atoms with Crippen LogP contribution < -0.4 is 5.73 Å². The second-order valence-electron chi connectivity index (χ2n) is 3.51. The molecule has 2 fully saturated rings. The highest BCUT2D eigenvalue weighted by molar-refractivity contribution is 4.90. The van der Waals surface area contributed by atoms with E-state index in [1.807, 2.05) is 0 Å². The molecule has 2 aliphatic heterocycles. The Morgan fingerprint density at radius 1 is 1.10 bits per heavy atom. The van der Waals surface area contributed by atoms with Crippen molar-refractivity contribution < 1.29 is 0 Å². The average molecular weight is 140 g/mol. The molecule has 2 aliphatic rings. The van der Waals surface area contributed by atoms with Crippen LogP contribution >= 0.6 is 0 Å². The molecule has 2 heterocycles. The molecule has 58 valence electrons. The van der Waals surface area contributed by atoms with E-state index in [0.717, 1.165) is 18.8 Å². The van der Waals surface area contributed by atoms with E-state index in [4.69, 9.17) is 5.73 Å². The molecule has 0 aromatic rings. The quantitative estimate of drug-likeness (QED) is 0.587. The van der Waals surface area contributed by atoms with Gasteiger partial charge in [0.05, 0.1) is 0 Å². The molecule has 2 bridgehead atoms. The lowest BCUT2D eigenvalue weighted by Gasteiger charge is -2.33. The van der Waals surface area contributed by atoms with Crippen molar-refractivity contribution >= 4 is 0 Å². The van der Waals surface area contributed by atoms with Crippen molar-refractivity contribution in [2.45, 2.75) is 44.2 Å². The van der Waals surface area contributed by atoms with Gasteiger partial charge in [-0.05, 0) is 25.7 Å². The van der Waals surface area contributed by atoms with E-state index in [2.05, 4.69) is 4.90 Å². The van der Waals surface area contributed by atoms with E-state index in [0.29, 0.717) is 0 Å². The lowest BCUT2D eigenvalue weighted by Crippen LogP contribution is -2.42. The van der Waals surface area contributed by atoms with Gasteiger partial charge < -0.3 is 5.73 Å². The summed E-state index contributed by atoms with van der Waals surface area (Å²) in [6.07, 6.45) is 7.04. The fourth-order valence-corrected chi connectivity index (χ4v) is 2.52. The number of piperidine rings is 1. The maximum absolute atomic E-state index is 5.65. The molecule has 0 saturated carbocycles. The van der Waals surface area contributed by atoms with E-state index < -0.39 is 0 Å². The van der Waals surface area contributed by atoms with Gasteiger partial charge in [0.2, 0.25) is 0 Å². The van der Waals surface area contributed by atoms with E-state index in [1.165, 1.54) is 32.1 Å². The van der Waals surface area contributed by atoms with Crippen LogP contribution in [0.25, 0.3) is 0 Å². The molecule has 0 radical (unpaired) electrons. The van der Waals surface area contributed by atoms with Crippen LogP contribution in [0.2, 0.25) is 0 Å². The van der Waals surface area contributed by atoms with Crippen LogP contribution in [-0.2, 0) is 0 Å². The number of hydrogen-bond donors (Lipinski definition) is 1. The molecule has 2 saturated heterocycles. The third kappa shape index (κ3) is 0.867. The molecule has 2 atom stereocenters. The summed E-state index contributed by atoms with van der Waals surface area (Å²) in [7, 11) is 0. The third-order valence-electron chi connectivity index (χ3n) is 3.06. The summed E-state index contributed by atoms with van der Waals surface area (Å²) in [5.74, 6) is 0. The molecular formula is C8H16N2. The lowest BCUT2D eigenvalue weighted by atomic mass is 10.0. The summed E-state index contributed by atoms with van der Waals surface area (Å²) in [5, 5.41) is 0. The Balaban J connectivity index is 2.06. The van der Waals surface area contributed by atoms with Gasteiger partial charge in [-0.25, -0.2) is 0 Å². The zero-order chi connectivity index (χ0) is 6.97. The van der Waals surface area contributed by atoms with Gasteiger partial charge in [0.15, 0.2) is 0 Å². The van der Waals surface area contributed by atoms with Gasteiger partial charge in [-0.1, -0.05) is 6.42 Å². The Morgan fingerprint density at radius 2 is 1.70 bits per heavy atom. The molecular weight excluding hydrogens is 124 g/mol. The Morgan fingerprint density at radius 3 is 2.10 bits per heavy atom. The summed E-state index contributed by atoms with van der Waals surface area (Å²) in [6, 6.07) is 1.70. The first-order valence-electron chi connectivity index (χ1n) is 4.37. The first kappa shape index (κ1) is 6.62. The predicted octanol–water partition coefficient (Wildman–Crippen LogP) is 0.919. The number of rotatable bonds is 1. The molecule has 0 aliphatic carbocycles. The summed E-state index contributed by atoms with van der Waals surface area (Å²) in [6.45, 7) is 0.787. The van der Waals surface area contributed by atoms with Gasteiger partial charge in [0.25, 0.3) is 0 Å². The molecule has 2 rings (SSSR count). The van der Waals surface area contributed by atoms with Crippen LogP contribution in [0, 0.1) is 0 Å². The molecule has 0 aromatic carbocycles. The summed E-state index contributed by atoms with van der Waals surface area (Å²) >= 11 is 0. The Labute approximate surface area is 62.4 Å². The fraction of sp³-hybridized carbons (Fsp3) is 1.00. The van der Waals surface area contributed by atoms with E-state index in [1.54, 1.807) is 0 Å². The molecule has 0 unspecified atom stereocenters. The van der Waals surface area contributed by atoms with Gasteiger partial charge in [0.1, 0.15) is 0 Å². The maximum Gasteiger partial charge on any atom is 0.0460 e. The Hall–Kier alpha value is -0.0800. The van der Waals surface area contributed by atoms with E-state index >= 15 is 0 Å². The predicted molar refractivity (Wildman–Crippen MR) is 41.6 cm³/mol. The normalized spacial score (nSPS) is 40.5. The minimum atomic E-state index is 0.787. The zero-order valence-corrected chi connectivity index (χ0v) is 6.42. The lowest BCUT2D eigenvalue weighted by molar-refractivity contribution is 0.145. The van der Waals surface area contributed by atoms with Crippen molar-refractivity contribution in [2.24, 2.45) is 5.73 Å². The smallest absolute Gasteiger partial charge is 0.0460 e. The second kappa shape index (κ2) is 2.51. The molecule has 0 amide bonds. The van der Waals surface area contributed by atoms with Crippen LogP contribution in [0.4, 0.5) is 0 Å². The van der Waals surface area contributed by atoms with Crippen LogP contribution in [0.15, 0.2) is 0 Å². The van der Waals surface area contributed by atoms with Gasteiger partial charge in [0, 0.05) is 18.8 Å². The van der Waals surface area contributed by atoms with Gasteiger partial charge in [-0.3, -0.25) is 4.90 Å². The van der Waals surface area contributed by atoms with Crippen molar-refractivity contribution in [1.82, 2.24) is 4.90 Å². The van der Waals surface area contributed by atoms with Gasteiger partial charge >= 0.3 is 0 Å². The topological polar surface area (TPSA) is 29.3 Å². The zero-order valence-electron chi connectivity index (χ0n) is 6.42. The monoisotopic (exact) mass is 140 g/mol. The van der Waals surface area contributed by atoms with E-state index in [-0.39, 0.29) is 0 Å². The molecule has 2 nitrogen and oxygen atoms in total. The average Bonchev–Trinajstić information content (AvgIpc) is 2.19. The highest BCUT2D eigenvalue weighted by atomic mass is 15.3. The first-order chi connectivity index (χ1) is 4.92. The van der Waals surface area contributed by atoms with Crippen molar-refractivity contribution in [2.75, 3.05) is 6.67 Å². The highest BCUT2D eigenvalue weighted by Crippen LogP contribution is 2.34. The first-order valence-corrected chi connectivity index (χ1v) is 4.37. The maximum atomic E-state index is 5.65. The highest BCUT2D eigenvalue weighted by Gasteiger charge is 2.34. The summed E-state index contributed by atoms with van der Waals surface area (Å²) < 4.78 is 0. The van der Waals surface area contributed by atoms with Crippen LogP contribution in [0.3, 0.4) is 0 Å². The fourth-order valence-electron chi connectivity index (χ4n) is 2.52. The van der Waals surface area contributed by atoms with Crippen molar-refractivity contribution in [3.8, 4) is 0 Å². The van der Waals surface area contributed by atoms with Crippen molar-refractivity contribution in [3.63, 3.8) is 0 Å². The minimum Gasteiger partial charge on any atom is -0.318 e. The summed E-state index contributed by atoms with van der Waals surface area (Å²) in [4.78, 5) is 2.49. The minimum absolute atomic E-state index is 0.787. The summed E-state index contributed by atoms with van der Waals surface area (Å²) in [5.41, 5.74) is 5.65. The van der Waals surface area contributed by atoms with Crippen LogP contribution in [-0.4, -0.2) is 23.7 Å². The number of fused-ring (bicyclic) bond motifs is 2. The van der Waals surface area contributed by atoms with Crippen LogP contribution in [0.5, 0.6) is 0 Å². The van der Waals surface area contributed by atoms with Crippen molar-refractivity contribution in [3.05, 3.63) is 0 Å². The molecule has 0 aromatic heterocycles. The number of nitrogens with two attached hydrogens (primary N) is 1. The number of nitrogens with zero attached hydrogens (tertiary/aromatic N) is 1. The molecule has 2 N–H and O–H groups in total. The van der Waals surface area contributed by atoms with E-state index in [9.17, 15) is 0 Å². The Bertz CT molecular complexity index is 108. The largest absolute Gasteiger partial charge is 0.318 e.